The lowest BCUT2D eigenvalue weighted by molar-refractivity contribution is 0.297. The van der Waals surface area contributed by atoms with Crippen LogP contribution in [0.4, 0.5) is 10.2 Å². The van der Waals surface area contributed by atoms with Gasteiger partial charge >= 0.3 is 0 Å². The quantitative estimate of drug-likeness (QED) is 0.577. The fraction of sp³-hybridized carbons (Fsp3) is 0.133. The van der Waals surface area contributed by atoms with Gasteiger partial charge in [0.15, 0.2) is 16.9 Å². The predicted molar refractivity (Wildman–Crippen MR) is 86.8 cm³/mol. The lowest BCUT2D eigenvalue weighted by atomic mass is 10.2. The second-order valence-corrected chi connectivity index (χ2v) is 5.34. The van der Waals surface area contributed by atoms with Gasteiger partial charge in [0.05, 0.1) is 5.69 Å². The minimum Gasteiger partial charge on any atom is -0.485 e. The average Bonchev–Trinajstić information content (AvgIpc) is 3.22. The predicted octanol–water partition coefficient (Wildman–Crippen LogP) is 1.45. The third kappa shape index (κ3) is 2.84. The van der Waals surface area contributed by atoms with E-state index >= 15 is 0 Å². The average molecular weight is 340 g/mol. The van der Waals surface area contributed by atoms with Crippen molar-refractivity contribution >= 4 is 17.0 Å². The van der Waals surface area contributed by atoms with Crippen molar-refractivity contribution in [2.24, 2.45) is 7.05 Å². The molecule has 126 valence electrons. The number of ether oxygens (including phenoxy) is 1. The van der Waals surface area contributed by atoms with E-state index in [4.69, 9.17) is 10.5 Å². The molecule has 4 heterocycles. The summed E-state index contributed by atoms with van der Waals surface area (Å²) in [6, 6.07) is 6.21. The zero-order chi connectivity index (χ0) is 17.4. The van der Waals surface area contributed by atoms with Crippen LogP contribution in [0.5, 0.6) is 5.75 Å². The molecule has 0 saturated heterocycles. The van der Waals surface area contributed by atoms with Crippen molar-refractivity contribution in [2.75, 3.05) is 5.73 Å². The van der Waals surface area contributed by atoms with E-state index in [1.54, 1.807) is 30.1 Å². The Morgan fingerprint density at radius 3 is 2.92 bits per heavy atom. The topological polar surface area (TPSA) is 120 Å². The summed E-state index contributed by atoms with van der Waals surface area (Å²) in [5.74, 6) is 0.114. The van der Waals surface area contributed by atoms with Crippen molar-refractivity contribution < 1.29 is 9.13 Å². The molecule has 4 rings (SSSR count). The van der Waals surface area contributed by atoms with Gasteiger partial charge in [0.2, 0.25) is 0 Å². The van der Waals surface area contributed by atoms with Gasteiger partial charge in [0.1, 0.15) is 29.6 Å². The van der Waals surface area contributed by atoms with Crippen LogP contribution in [-0.4, -0.2) is 35.2 Å². The molecule has 25 heavy (non-hydrogen) atoms. The van der Waals surface area contributed by atoms with Crippen LogP contribution in [0.2, 0.25) is 0 Å². The fourth-order valence-electron chi connectivity index (χ4n) is 2.37. The molecule has 0 bridgehead atoms. The van der Waals surface area contributed by atoms with E-state index in [0.29, 0.717) is 28.3 Å². The van der Waals surface area contributed by atoms with Gasteiger partial charge < -0.3 is 10.5 Å². The highest BCUT2D eigenvalue weighted by molar-refractivity contribution is 5.78. The van der Waals surface area contributed by atoms with Crippen molar-refractivity contribution in [3.05, 3.63) is 42.0 Å². The van der Waals surface area contributed by atoms with Crippen molar-refractivity contribution in [3.63, 3.8) is 0 Å². The highest BCUT2D eigenvalue weighted by atomic mass is 19.1. The molecule has 0 radical (unpaired) electrons. The van der Waals surface area contributed by atoms with Crippen molar-refractivity contribution in [2.45, 2.75) is 6.61 Å². The van der Waals surface area contributed by atoms with Crippen LogP contribution in [-0.2, 0) is 13.7 Å². The monoisotopic (exact) mass is 340 g/mol. The number of aromatic amines is 1. The Hall–Kier alpha value is -3.56. The molecule has 0 spiro atoms. The van der Waals surface area contributed by atoms with Crippen LogP contribution >= 0.6 is 0 Å². The Labute approximate surface area is 140 Å². The summed E-state index contributed by atoms with van der Waals surface area (Å²) in [5.41, 5.74) is 7.88. The number of aryl methyl sites for hydroxylation is 1. The van der Waals surface area contributed by atoms with Crippen molar-refractivity contribution in [3.8, 4) is 17.1 Å². The number of fused-ring (bicyclic) bond motifs is 1. The molecular formula is C15H13FN8O. The molecular weight excluding hydrogens is 327 g/mol. The Morgan fingerprint density at radius 1 is 1.24 bits per heavy atom. The number of nitrogens with zero attached hydrogens (tertiary/aromatic N) is 6. The summed E-state index contributed by atoms with van der Waals surface area (Å²) in [6.07, 6.45) is 1.79. The molecule has 10 heteroatoms. The van der Waals surface area contributed by atoms with Gasteiger partial charge in [-0.15, -0.1) is 5.10 Å². The molecule has 9 nitrogen and oxygen atoms in total. The van der Waals surface area contributed by atoms with E-state index in [2.05, 4.69) is 30.5 Å². The van der Waals surface area contributed by atoms with Gasteiger partial charge in [-0.1, -0.05) is 5.21 Å². The van der Waals surface area contributed by atoms with Gasteiger partial charge in [-0.25, -0.2) is 19.5 Å². The lowest BCUT2D eigenvalue weighted by Gasteiger charge is -2.08. The van der Waals surface area contributed by atoms with Crippen molar-refractivity contribution in [1.82, 2.24) is 35.2 Å². The maximum absolute atomic E-state index is 14.1. The number of H-pyrrole nitrogens is 1. The second kappa shape index (κ2) is 5.82. The molecule has 0 atom stereocenters. The number of rotatable bonds is 4. The molecule has 0 aliphatic rings. The van der Waals surface area contributed by atoms with Crippen LogP contribution in [0.25, 0.3) is 22.6 Å². The Balaban J connectivity index is 1.63. The summed E-state index contributed by atoms with van der Waals surface area (Å²) < 4.78 is 21.4. The van der Waals surface area contributed by atoms with Gasteiger partial charge in [0.25, 0.3) is 0 Å². The van der Waals surface area contributed by atoms with Crippen LogP contribution in [0.1, 0.15) is 5.69 Å². The van der Waals surface area contributed by atoms with Gasteiger partial charge in [0, 0.05) is 19.3 Å². The first kappa shape index (κ1) is 15.0. The SMILES string of the molecule is Cn1ccc(-c2ccc(F)c(COc3cc(N)nc4[nH]nnc34)n2)n1. The summed E-state index contributed by atoms with van der Waals surface area (Å²) in [5, 5.41) is 14.4. The zero-order valence-corrected chi connectivity index (χ0v) is 13.1. The van der Waals surface area contributed by atoms with E-state index < -0.39 is 5.82 Å². The molecule has 3 N–H and O–H groups in total. The first-order valence-electron chi connectivity index (χ1n) is 7.35. The number of pyridine rings is 2. The van der Waals surface area contributed by atoms with Gasteiger partial charge in [-0.3, -0.25) is 4.68 Å². The zero-order valence-electron chi connectivity index (χ0n) is 13.1. The largest absolute Gasteiger partial charge is 0.485 e. The molecule has 0 aromatic carbocycles. The Kier molecular flexibility index (Phi) is 3.49. The minimum atomic E-state index is -0.474. The number of halogens is 1. The van der Waals surface area contributed by atoms with Crippen molar-refractivity contribution in [1.29, 1.82) is 0 Å². The number of nitrogens with one attached hydrogen (secondary N) is 1. The van der Waals surface area contributed by atoms with Crippen LogP contribution in [0.3, 0.4) is 0 Å². The fourth-order valence-corrected chi connectivity index (χ4v) is 2.37. The molecule has 0 aliphatic carbocycles. The number of hydrogen-bond donors (Lipinski definition) is 2. The maximum atomic E-state index is 14.1. The summed E-state index contributed by atoms with van der Waals surface area (Å²) in [4.78, 5) is 8.34. The number of nitrogen functional groups attached to an aromatic ring is 1. The standard InChI is InChI=1S/C15H13FN8O/c1-24-5-4-10(22-24)9-3-2-8(16)11(18-9)7-25-12-6-13(17)19-15-14(12)20-23-21-15/h2-6H,7H2,1H3,(H3,17,19,20,21,23). The highest BCUT2D eigenvalue weighted by Gasteiger charge is 2.13. The Bertz CT molecular complexity index is 1060. The van der Waals surface area contributed by atoms with Gasteiger partial charge in [-0.05, 0) is 18.2 Å². The number of nitrogens with two attached hydrogens (primary N) is 1. The third-order valence-electron chi connectivity index (χ3n) is 3.54. The number of aromatic nitrogens is 7. The van der Waals surface area contributed by atoms with E-state index in [0.717, 1.165) is 0 Å². The molecule has 0 saturated carbocycles. The summed E-state index contributed by atoms with van der Waals surface area (Å²) in [7, 11) is 1.80. The minimum absolute atomic E-state index is 0.0993. The third-order valence-corrected chi connectivity index (χ3v) is 3.54. The van der Waals surface area contributed by atoms with Crippen LogP contribution in [0.15, 0.2) is 30.5 Å². The number of hydrogen-bond acceptors (Lipinski definition) is 7. The first-order chi connectivity index (χ1) is 12.1. The van der Waals surface area contributed by atoms with E-state index in [9.17, 15) is 4.39 Å². The molecule has 4 aromatic heterocycles. The smallest absolute Gasteiger partial charge is 0.181 e. The van der Waals surface area contributed by atoms with Gasteiger partial charge in [-0.2, -0.15) is 5.10 Å². The Morgan fingerprint density at radius 2 is 2.12 bits per heavy atom. The summed E-state index contributed by atoms with van der Waals surface area (Å²) >= 11 is 0. The highest BCUT2D eigenvalue weighted by Crippen LogP contribution is 2.24. The maximum Gasteiger partial charge on any atom is 0.181 e. The van der Waals surface area contributed by atoms with Crippen LogP contribution in [0, 0.1) is 5.82 Å². The second-order valence-electron chi connectivity index (χ2n) is 5.34. The van der Waals surface area contributed by atoms with E-state index in [1.165, 1.54) is 12.1 Å². The number of anilines is 1. The van der Waals surface area contributed by atoms with E-state index in [-0.39, 0.29) is 18.1 Å². The molecule has 0 aliphatic heterocycles. The molecule has 4 aromatic rings. The normalized spacial score (nSPS) is 11.1. The first-order valence-corrected chi connectivity index (χ1v) is 7.35. The molecule has 0 amide bonds. The van der Waals surface area contributed by atoms with E-state index in [1.807, 2.05) is 0 Å². The molecule has 0 unspecified atom stereocenters. The summed E-state index contributed by atoms with van der Waals surface area (Å²) in [6.45, 7) is -0.0993. The molecule has 0 fully saturated rings. The lowest BCUT2D eigenvalue weighted by Crippen LogP contribution is -2.04. The van der Waals surface area contributed by atoms with Crippen LogP contribution < -0.4 is 10.5 Å².